The number of benzene rings is 1. The second-order valence-corrected chi connectivity index (χ2v) is 11.3. The molecule has 1 amide bonds. The molecule has 1 aromatic heterocycles. The molecule has 1 unspecified atom stereocenters. The Bertz CT molecular complexity index is 1020. The number of carbonyl (C=O) groups is 1. The smallest absolute Gasteiger partial charge is 0.252 e. The fourth-order valence-electron chi connectivity index (χ4n) is 3.15. The van der Waals surface area contributed by atoms with Crippen LogP contribution in [0, 0.1) is 0 Å². The topological polar surface area (TPSA) is 79.3 Å². The molecule has 1 aliphatic rings. The maximum Gasteiger partial charge on any atom is 0.252 e. The summed E-state index contributed by atoms with van der Waals surface area (Å²) in [6.07, 6.45) is 0.692. The number of amides is 1. The first-order valence-corrected chi connectivity index (χ1v) is 13.4. The number of carbonyl (C=O) groups excluding carboxylic acids is 1. The van der Waals surface area contributed by atoms with Crippen LogP contribution in [0.2, 0.25) is 0 Å². The zero-order chi connectivity index (χ0) is 22.4. The second-order valence-electron chi connectivity index (χ2n) is 7.08. The van der Waals surface area contributed by atoms with E-state index in [4.69, 9.17) is 9.73 Å². The van der Waals surface area contributed by atoms with Gasteiger partial charge in [0.1, 0.15) is 15.6 Å². The number of aliphatic imine (C=N–C) groups is 1. The molecular formula is C21H27N3O4S3. The van der Waals surface area contributed by atoms with Crippen molar-refractivity contribution in [3.8, 4) is 5.75 Å². The highest BCUT2D eigenvalue weighted by atomic mass is 32.2. The molecule has 168 valence electrons. The van der Waals surface area contributed by atoms with Crippen LogP contribution in [0.1, 0.15) is 26.7 Å². The number of thiophene rings is 1. The molecule has 1 fully saturated rings. The van der Waals surface area contributed by atoms with Gasteiger partial charge in [-0.15, -0.1) is 11.3 Å². The summed E-state index contributed by atoms with van der Waals surface area (Å²) < 4.78 is 32.3. The zero-order valence-electron chi connectivity index (χ0n) is 17.9. The van der Waals surface area contributed by atoms with Gasteiger partial charge in [-0.1, -0.05) is 30.0 Å². The monoisotopic (exact) mass is 481 g/mol. The summed E-state index contributed by atoms with van der Waals surface area (Å²) in [7, 11) is -1.95. The number of hydrogen-bond donors (Lipinski definition) is 0. The average molecular weight is 482 g/mol. The minimum absolute atomic E-state index is 0.0306. The van der Waals surface area contributed by atoms with Crippen LogP contribution < -0.4 is 4.74 Å². The summed E-state index contributed by atoms with van der Waals surface area (Å²) in [6.45, 7) is 4.73. The van der Waals surface area contributed by atoms with Crippen molar-refractivity contribution in [1.82, 2.24) is 9.21 Å². The normalized spacial score (nSPS) is 18.1. The molecule has 1 saturated heterocycles. The third kappa shape index (κ3) is 5.68. The molecule has 1 aliphatic heterocycles. The molecule has 1 aromatic carbocycles. The highest BCUT2D eigenvalue weighted by Gasteiger charge is 2.32. The van der Waals surface area contributed by atoms with Gasteiger partial charge in [-0.3, -0.25) is 9.69 Å². The average Bonchev–Trinajstić information content (AvgIpc) is 3.40. The van der Waals surface area contributed by atoms with Crippen molar-refractivity contribution in [3.63, 3.8) is 0 Å². The molecule has 10 heteroatoms. The van der Waals surface area contributed by atoms with E-state index in [9.17, 15) is 13.2 Å². The SMILES string of the molecule is CCOc1ccccc1N=C1SCC(C)N1C(=O)CCCN(C)S(=O)(=O)c1cccs1. The Morgan fingerprint density at radius 1 is 1.29 bits per heavy atom. The number of rotatable bonds is 9. The van der Waals surface area contributed by atoms with Crippen molar-refractivity contribution in [2.45, 2.75) is 36.9 Å². The van der Waals surface area contributed by atoms with Gasteiger partial charge in [0.15, 0.2) is 5.17 Å². The number of nitrogens with zero attached hydrogens (tertiary/aromatic N) is 3. The van der Waals surface area contributed by atoms with Gasteiger partial charge >= 0.3 is 0 Å². The van der Waals surface area contributed by atoms with Gasteiger partial charge in [0.05, 0.1) is 6.61 Å². The Balaban J connectivity index is 1.65. The van der Waals surface area contributed by atoms with E-state index in [1.807, 2.05) is 38.1 Å². The number of ether oxygens (including phenoxy) is 1. The Labute approximate surface area is 192 Å². The van der Waals surface area contributed by atoms with Gasteiger partial charge in [-0.25, -0.2) is 17.7 Å². The Morgan fingerprint density at radius 2 is 2.06 bits per heavy atom. The first kappa shape index (κ1) is 23.8. The van der Waals surface area contributed by atoms with Crippen molar-refractivity contribution in [1.29, 1.82) is 0 Å². The molecule has 0 radical (unpaired) electrons. The maximum absolute atomic E-state index is 13.0. The Kier molecular flexibility index (Phi) is 8.15. The van der Waals surface area contributed by atoms with E-state index in [-0.39, 0.29) is 24.9 Å². The summed E-state index contributed by atoms with van der Waals surface area (Å²) >= 11 is 2.74. The van der Waals surface area contributed by atoms with Gasteiger partial charge < -0.3 is 4.74 Å². The second kappa shape index (κ2) is 10.6. The summed E-state index contributed by atoms with van der Waals surface area (Å²) in [5.41, 5.74) is 0.695. The number of thioether (sulfide) groups is 1. The minimum Gasteiger partial charge on any atom is -0.492 e. The van der Waals surface area contributed by atoms with Crippen LogP contribution >= 0.6 is 23.1 Å². The lowest BCUT2D eigenvalue weighted by Gasteiger charge is -2.22. The van der Waals surface area contributed by atoms with E-state index in [0.29, 0.717) is 33.8 Å². The van der Waals surface area contributed by atoms with Crippen molar-refractivity contribution in [2.75, 3.05) is 26.0 Å². The first-order chi connectivity index (χ1) is 14.8. The van der Waals surface area contributed by atoms with E-state index >= 15 is 0 Å². The van der Waals surface area contributed by atoms with Crippen molar-refractivity contribution in [3.05, 3.63) is 41.8 Å². The standard InChI is InChI=1S/C21H27N3O4S3/c1-4-28-18-10-6-5-9-17(18)22-21-24(16(2)15-30-21)19(25)11-7-13-23(3)31(26,27)20-12-8-14-29-20/h5-6,8-10,12,14,16H,4,7,11,13,15H2,1-3H3. The van der Waals surface area contributed by atoms with Gasteiger partial charge in [-0.2, -0.15) is 0 Å². The molecule has 0 bridgehead atoms. The summed E-state index contributed by atoms with van der Waals surface area (Å²) in [4.78, 5) is 19.4. The van der Waals surface area contributed by atoms with Gasteiger partial charge in [-0.05, 0) is 43.8 Å². The summed E-state index contributed by atoms with van der Waals surface area (Å²) in [5, 5.41) is 2.39. The quantitative estimate of drug-likeness (QED) is 0.536. The zero-order valence-corrected chi connectivity index (χ0v) is 20.3. The van der Waals surface area contributed by atoms with Crippen molar-refractivity contribution in [2.24, 2.45) is 4.99 Å². The van der Waals surface area contributed by atoms with Crippen LogP contribution in [0.15, 0.2) is 51.0 Å². The van der Waals surface area contributed by atoms with Crippen LogP contribution in [-0.4, -0.2) is 60.7 Å². The van der Waals surface area contributed by atoms with Gasteiger partial charge in [0.25, 0.3) is 10.0 Å². The van der Waals surface area contributed by atoms with E-state index in [0.717, 1.165) is 5.75 Å². The molecule has 0 saturated carbocycles. The van der Waals surface area contributed by atoms with Crippen LogP contribution in [-0.2, 0) is 14.8 Å². The van der Waals surface area contributed by atoms with Crippen LogP contribution in [0.3, 0.4) is 0 Å². The predicted octanol–water partition coefficient (Wildman–Crippen LogP) is 4.20. The number of hydrogen-bond acceptors (Lipinski definition) is 7. The number of amidine groups is 1. The number of para-hydroxylation sites is 2. The van der Waals surface area contributed by atoms with Crippen LogP contribution in [0.25, 0.3) is 0 Å². The van der Waals surface area contributed by atoms with E-state index in [1.54, 1.807) is 41.2 Å². The fraction of sp³-hybridized carbons (Fsp3) is 0.429. The molecule has 1 atom stereocenters. The lowest BCUT2D eigenvalue weighted by Crippen LogP contribution is -2.38. The fourth-order valence-corrected chi connectivity index (χ4v) is 6.69. The number of sulfonamides is 1. The van der Waals surface area contributed by atoms with Crippen LogP contribution in [0.4, 0.5) is 5.69 Å². The third-order valence-electron chi connectivity index (χ3n) is 4.77. The van der Waals surface area contributed by atoms with E-state index < -0.39 is 10.0 Å². The molecule has 0 spiro atoms. The molecule has 7 nitrogen and oxygen atoms in total. The van der Waals surface area contributed by atoms with E-state index in [2.05, 4.69) is 0 Å². The lowest BCUT2D eigenvalue weighted by atomic mass is 10.2. The Morgan fingerprint density at radius 3 is 2.77 bits per heavy atom. The van der Waals surface area contributed by atoms with Gasteiger partial charge in [0, 0.05) is 31.8 Å². The van der Waals surface area contributed by atoms with Crippen molar-refractivity contribution >= 4 is 49.9 Å². The van der Waals surface area contributed by atoms with E-state index in [1.165, 1.54) is 15.6 Å². The molecule has 31 heavy (non-hydrogen) atoms. The summed E-state index contributed by atoms with van der Waals surface area (Å²) in [6, 6.07) is 10.8. The highest BCUT2D eigenvalue weighted by Crippen LogP contribution is 2.32. The summed E-state index contributed by atoms with van der Waals surface area (Å²) in [5.74, 6) is 1.41. The van der Waals surface area contributed by atoms with Crippen molar-refractivity contribution < 1.29 is 17.9 Å². The molecule has 2 heterocycles. The lowest BCUT2D eigenvalue weighted by molar-refractivity contribution is -0.128. The molecular weight excluding hydrogens is 454 g/mol. The largest absolute Gasteiger partial charge is 0.492 e. The molecule has 2 aromatic rings. The minimum atomic E-state index is -3.50. The molecule has 0 N–H and O–H groups in total. The molecule has 0 aliphatic carbocycles. The third-order valence-corrected chi connectivity index (χ3v) is 9.20. The maximum atomic E-state index is 13.0. The Hall–Kier alpha value is -1.88. The predicted molar refractivity (Wildman–Crippen MR) is 127 cm³/mol. The van der Waals surface area contributed by atoms with Gasteiger partial charge in [0.2, 0.25) is 5.91 Å². The highest BCUT2D eigenvalue weighted by molar-refractivity contribution is 8.14. The van der Waals surface area contributed by atoms with Crippen LogP contribution in [0.5, 0.6) is 5.75 Å². The first-order valence-electron chi connectivity index (χ1n) is 10.1. The molecule has 3 rings (SSSR count).